The van der Waals surface area contributed by atoms with Crippen molar-refractivity contribution in [3.05, 3.63) is 0 Å². The van der Waals surface area contributed by atoms with E-state index in [9.17, 15) is 0 Å². The van der Waals surface area contributed by atoms with Gasteiger partial charge in [-0.25, -0.2) is 0 Å². The van der Waals surface area contributed by atoms with Gasteiger partial charge in [-0.3, -0.25) is 0 Å². The monoisotopic (exact) mass is 151 g/mol. The van der Waals surface area contributed by atoms with Crippen molar-refractivity contribution < 1.29 is 0 Å². The minimum Gasteiger partial charge on any atom is -0.311 e. The van der Waals surface area contributed by atoms with Gasteiger partial charge in [0.15, 0.2) is 0 Å². The van der Waals surface area contributed by atoms with Crippen LogP contribution in [0.5, 0.6) is 0 Å². The van der Waals surface area contributed by atoms with E-state index in [2.05, 4.69) is 5.32 Å². The number of hydrogen-bond donors (Lipinski definition) is 1. The Labute approximate surface area is 68.6 Å². The number of hydrogen-bond acceptors (Lipinski definition) is 1. The molecule has 1 nitrogen and oxygen atoms in total. The van der Waals surface area contributed by atoms with Gasteiger partial charge in [0, 0.05) is 12.1 Å². The van der Waals surface area contributed by atoms with Gasteiger partial charge in [-0.1, -0.05) is 6.42 Å². The van der Waals surface area contributed by atoms with Gasteiger partial charge in [0.05, 0.1) is 0 Å². The summed E-state index contributed by atoms with van der Waals surface area (Å²) in [5.74, 6) is 2.18. The molecule has 0 aliphatic heterocycles. The van der Waals surface area contributed by atoms with Gasteiger partial charge in [0.2, 0.25) is 0 Å². The smallest absolute Gasteiger partial charge is 0.0101 e. The molecule has 0 aromatic heterocycles. The molecule has 0 heterocycles. The second-order valence-corrected chi connectivity index (χ2v) is 4.72. The van der Waals surface area contributed by atoms with Crippen LogP contribution < -0.4 is 5.32 Å². The molecule has 11 heavy (non-hydrogen) atoms. The van der Waals surface area contributed by atoms with Gasteiger partial charge in [-0.05, 0) is 43.9 Å². The van der Waals surface area contributed by atoms with Gasteiger partial charge in [0.25, 0.3) is 0 Å². The fourth-order valence-corrected chi connectivity index (χ4v) is 3.00. The third-order valence-electron chi connectivity index (χ3n) is 3.77. The first-order valence-electron chi connectivity index (χ1n) is 5.18. The van der Waals surface area contributed by atoms with Crippen molar-refractivity contribution in [1.29, 1.82) is 0 Å². The first kappa shape index (κ1) is 6.47. The van der Waals surface area contributed by atoms with Crippen LogP contribution >= 0.6 is 0 Å². The molecular formula is C10H17N. The zero-order valence-electron chi connectivity index (χ0n) is 7.05. The summed E-state index contributed by atoms with van der Waals surface area (Å²) < 4.78 is 0. The molecule has 3 saturated carbocycles. The van der Waals surface area contributed by atoms with E-state index in [-0.39, 0.29) is 0 Å². The molecule has 0 aromatic rings. The topological polar surface area (TPSA) is 12.0 Å². The quantitative estimate of drug-likeness (QED) is 0.636. The molecule has 3 fully saturated rings. The zero-order valence-corrected chi connectivity index (χ0v) is 7.05. The molecule has 1 N–H and O–H groups in total. The lowest BCUT2D eigenvalue weighted by atomic mass is 9.95. The Kier molecular flexibility index (Phi) is 1.31. The average molecular weight is 151 g/mol. The van der Waals surface area contributed by atoms with Crippen LogP contribution in [0.25, 0.3) is 0 Å². The molecule has 3 unspecified atom stereocenters. The van der Waals surface area contributed by atoms with Crippen molar-refractivity contribution in [2.24, 2.45) is 11.8 Å². The van der Waals surface area contributed by atoms with E-state index >= 15 is 0 Å². The number of nitrogens with one attached hydrogen (secondary N) is 1. The molecule has 3 atom stereocenters. The van der Waals surface area contributed by atoms with E-state index in [0.717, 1.165) is 23.9 Å². The van der Waals surface area contributed by atoms with E-state index in [1.54, 1.807) is 6.42 Å². The normalized spacial score (nSPS) is 48.5. The third-order valence-corrected chi connectivity index (χ3v) is 3.77. The van der Waals surface area contributed by atoms with Crippen molar-refractivity contribution in [3.8, 4) is 0 Å². The molecule has 0 radical (unpaired) electrons. The summed E-state index contributed by atoms with van der Waals surface area (Å²) in [5.41, 5.74) is 0. The summed E-state index contributed by atoms with van der Waals surface area (Å²) in [6.07, 6.45) is 9.01. The van der Waals surface area contributed by atoms with Crippen LogP contribution in [-0.2, 0) is 0 Å². The Morgan fingerprint density at radius 3 is 2.36 bits per heavy atom. The molecule has 2 bridgehead atoms. The van der Waals surface area contributed by atoms with Crippen molar-refractivity contribution >= 4 is 0 Å². The van der Waals surface area contributed by atoms with Gasteiger partial charge < -0.3 is 5.32 Å². The zero-order chi connectivity index (χ0) is 7.26. The van der Waals surface area contributed by atoms with E-state index in [0.29, 0.717) is 0 Å². The predicted octanol–water partition coefficient (Wildman–Crippen LogP) is 1.93. The highest BCUT2D eigenvalue weighted by molar-refractivity contribution is 4.97. The largest absolute Gasteiger partial charge is 0.311 e. The maximum absolute atomic E-state index is 3.78. The van der Waals surface area contributed by atoms with Crippen LogP contribution in [0.4, 0.5) is 0 Å². The summed E-state index contributed by atoms with van der Waals surface area (Å²) in [7, 11) is 0. The summed E-state index contributed by atoms with van der Waals surface area (Å²) in [4.78, 5) is 0. The minimum atomic E-state index is 0.930. The molecule has 0 spiro atoms. The number of rotatable bonds is 2. The highest BCUT2D eigenvalue weighted by Crippen LogP contribution is 2.45. The first-order valence-corrected chi connectivity index (χ1v) is 5.18. The highest BCUT2D eigenvalue weighted by atomic mass is 15.0. The van der Waals surface area contributed by atoms with Gasteiger partial charge in [0.1, 0.15) is 0 Å². The molecule has 0 aromatic carbocycles. The van der Waals surface area contributed by atoms with Crippen molar-refractivity contribution in [1.82, 2.24) is 5.32 Å². The van der Waals surface area contributed by atoms with E-state index in [4.69, 9.17) is 0 Å². The van der Waals surface area contributed by atoms with Crippen LogP contribution in [0.1, 0.15) is 38.5 Å². The Balaban J connectivity index is 1.62. The Hall–Kier alpha value is -0.0400. The lowest BCUT2D eigenvalue weighted by Crippen LogP contribution is -2.35. The van der Waals surface area contributed by atoms with Crippen molar-refractivity contribution in [3.63, 3.8) is 0 Å². The molecular weight excluding hydrogens is 134 g/mol. The standard InChI is InChI=1S/C10H17N/c1-2-8-5-7(1)6-10(8)11-9-3-4-9/h7-11H,1-6H2. The minimum absolute atomic E-state index is 0.930. The Morgan fingerprint density at radius 1 is 0.909 bits per heavy atom. The molecule has 3 aliphatic rings. The van der Waals surface area contributed by atoms with Crippen LogP contribution in [0.2, 0.25) is 0 Å². The fourth-order valence-electron chi connectivity index (χ4n) is 3.00. The van der Waals surface area contributed by atoms with Gasteiger partial charge in [-0.2, -0.15) is 0 Å². The van der Waals surface area contributed by atoms with Crippen molar-refractivity contribution in [2.45, 2.75) is 50.6 Å². The van der Waals surface area contributed by atoms with E-state index < -0.39 is 0 Å². The van der Waals surface area contributed by atoms with Crippen LogP contribution in [0, 0.1) is 11.8 Å². The Bertz CT molecular complexity index is 162. The van der Waals surface area contributed by atoms with Crippen LogP contribution in [-0.4, -0.2) is 12.1 Å². The SMILES string of the molecule is C1CC2CC1CC2NC1CC1. The fraction of sp³-hybridized carbons (Fsp3) is 1.00. The van der Waals surface area contributed by atoms with E-state index in [1.165, 1.54) is 32.1 Å². The molecule has 62 valence electrons. The summed E-state index contributed by atoms with van der Waals surface area (Å²) in [5, 5.41) is 3.78. The summed E-state index contributed by atoms with van der Waals surface area (Å²) in [6, 6.07) is 1.86. The third kappa shape index (κ3) is 1.10. The van der Waals surface area contributed by atoms with Gasteiger partial charge in [-0.15, -0.1) is 0 Å². The maximum Gasteiger partial charge on any atom is 0.0101 e. The van der Waals surface area contributed by atoms with Crippen LogP contribution in [0.3, 0.4) is 0 Å². The van der Waals surface area contributed by atoms with E-state index in [1.807, 2.05) is 0 Å². The number of fused-ring (bicyclic) bond motifs is 2. The molecule has 0 amide bonds. The second kappa shape index (κ2) is 2.22. The summed E-state index contributed by atoms with van der Waals surface area (Å²) in [6.45, 7) is 0. The second-order valence-electron chi connectivity index (χ2n) is 4.72. The molecule has 1 heteroatoms. The average Bonchev–Trinajstić information content (AvgIpc) is 2.61. The lowest BCUT2D eigenvalue weighted by Gasteiger charge is -2.22. The molecule has 0 saturated heterocycles. The molecule has 3 aliphatic carbocycles. The van der Waals surface area contributed by atoms with Gasteiger partial charge >= 0.3 is 0 Å². The lowest BCUT2D eigenvalue weighted by molar-refractivity contribution is 0.350. The predicted molar refractivity (Wildman–Crippen MR) is 45.4 cm³/mol. The highest BCUT2D eigenvalue weighted by Gasteiger charge is 2.41. The van der Waals surface area contributed by atoms with Crippen molar-refractivity contribution in [2.75, 3.05) is 0 Å². The summed E-state index contributed by atoms with van der Waals surface area (Å²) >= 11 is 0. The van der Waals surface area contributed by atoms with Crippen LogP contribution in [0.15, 0.2) is 0 Å². The molecule has 3 rings (SSSR count). The first-order chi connectivity index (χ1) is 5.42. The maximum atomic E-state index is 3.78. The Morgan fingerprint density at radius 2 is 1.82 bits per heavy atom.